The number of para-hydroxylation sites is 1. The molecular formula is C28H25F6N5O2. The Morgan fingerprint density at radius 3 is 2.10 bits per heavy atom. The van der Waals surface area contributed by atoms with Crippen LogP contribution < -0.4 is 10.3 Å². The maximum Gasteiger partial charge on any atom is 0.416 e. The number of hydrogen-bond acceptors (Lipinski definition) is 5. The normalized spacial score (nSPS) is 17.8. The Morgan fingerprint density at radius 1 is 0.902 bits per heavy atom. The first-order chi connectivity index (χ1) is 19.4. The van der Waals surface area contributed by atoms with E-state index in [0.29, 0.717) is 23.4 Å². The highest BCUT2D eigenvalue weighted by atomic mass is 19.4. The van der Waals surface area contributed by atoms with E-state index in [4.69, 9.17) is 0 Å². The van der Waals surface area contributed by atoms with Crippen LogP contribution in [0.2, 0.25) is 0 Å². The second-order valence-corrected chi connectivity index (χ2v) is 10.0. The molecule has 5 rings (SSSR count). The van der Waals surface area contributed by atoms with Crippen molar-refractivity contribution in [3.8, 4) is 0 Å². The van der Waals surface area contributed by atoms with Gasteiger partial charge in [0.15, 0.2) is 0 Å². The molecule has 216 valence electrons. The smallest absolute Gasteiger partial charge is 0.339 e. The molecule has 3 aromatic rings. The number of alkyl halides is 6. The number of benzene rings is 2. The Kier molecular flexibility index (Phi) is 7.41. The van der Waals surface area contributed by atoms with E-state index in [1.54, 1.807) is 53.7 Å². The van der Waals surface area contributed by atoms with Gasteiger partial charge >= 0.3 is 12.4 Å². The quantitative estimate of drug-likeness (QED) is 0.428. The minimum atomic E-state index is -4.99. The molecule has 41 heavy (non-hydrogen) atoms. The third kappa shape index (κ3) is 5.85. The minimum Gasteiger partial charge on any atom is -0.339 e. The molecule has 1 aromatic heterocycles. The summed E-state index contributed by atoms with van der Waals surface area (Å²) in [6.07, 6.45) is -6.48. The zero-order chi connectivity index (χ0) is 29.4. The van der Waals surface area contributed by atoms with Crippen LogP contribution in [0, 0.1) is 0 Å². The lowest BCUT2D eigenvalue weighted by Crippen LogP contribution is -2.59. The van der Waals surface area contributed by atoms with Crippen LogP contribution in [0.1, 0.15) is 39.9 Å². The highest BCUT2D eigenvalue weighted by Crippen LogP contribution is 2.41. The number of amides is 2. The molecule has 0 atom stereocenters. The van der Waals surface area contributed by atoms with Crippen molar-refractivity contribution in [1.82, 2.24) is 20.3 Å². The second kappa shape index (κ2) is 10.7. The largest absolute Gasteiger partial charge is 0.416 e. The summed E-state index contributed by atoms with van der Waals surface area (Å²) in [5.74, 6) is -0.760. The van der Waals surface area contributed by atoms with E-state index in [0.717, 1.165) is 0 Å². The van der Waals surface area contributed by atoms with E-state index in [2.05, 4.69) is 10.4 Å². The summed E-state index contributed by atoms with van der Waals surface area (Å²) in [5, 5.41) is 1.68. The van der Waals surface area contributed by atoms with Crippen molar-refractivity contribution in [3.63, 3.8) is 0 Å². The highest BCUT2D eigenvalue weighted by Gasteiger charge is 2.54. The van der Waals surface area contributed by atoms with E-state index in [-0.39, 0.29) is 50.1 Å². The molecule has 1 N–H and O–H groups in total. The zero-order valence-corrected chi connectivity index (χ0v) is 21.5. The first-order valence-electron chi connectivity index (χ1n) is 12.7. The van der Waals surface area contributed by atoms with E-state index >= 15 is 0 Å². The van der Waals surface area contributed by atoms with Gasteiger partial charge in [-0.05, 0) is 60.9 Å². The Hall–Kier alpha value is -4.13. The number of piperidine rings is 1. The van der Waals surface area contributed by atoms with Crippen molar-refractivity contribution in [2.75, 3.05) is 24.7 Å². The predicted octanol–water partition coefficient (Wildman–Crippen LogP) is 5.11. The number of aromatic nitrogens is 1. The van der Waals surface area contributed by atoms with Crippen LogP contribution in [0.3, 0.4) is 0 Å². The lowest BCUT2D eigenvalue weighted by atomic mass is 9.86. The van der Waals surface area contributed by atoms with Crippen molar-refractivity contribution in [2.45, 2.75) is 37.3 Å². The van der Waals surface area contributed by atoms with Gasteiger partial charge in [-0.15, -0.1) is 0 Å². The summed E-state index contributed by atoms with van der Waals surface area (Å²) in [5.41, 5.74) is -0.369. The first kappa shape index (κ1) is 28.4. The summed E-state index contributed by atoms with van der Waals surface area (Å²) in [4.78, 5) is 33.6. The number of nitrogens with one attached hydrogen (secondary N) is 1. The number of anilines is 1. The van der Waals surface area contributed by atoms with Gasteiger partial charge in [0.05, 0.1) is 23.4 Å². The van der Waals surface area contributed by atoms with Crippen molar-refractivity contribution < 1.29 is 35.9 Å². The number of rotatable bonds is 5. The van der Waals surface area contributed by atoms with Crippen molar-refractivity contribution in [3.05, 3.63) is 95.3 Å². The zero-order valence-electron chi connectivity index (χ0n) is 21.5. The molecule has 2 aliphatic rings. The van der Waals surface area contributed by atoms with E-state index in [9.17, 15) is 35.9 Å². The summed E-state index contributed by atoms with van der Waals surface area (Å²) < 4.78 is 80.6. The molecular weight excluding hydrogens is 552 g/mol. The third-order valence-corrected chi connectivity index (χ3v) is 7.38. The van der Waals surface area contributed by atoms with Gasteiger partial charge in [0.2, 0.25) is 5.91 Å². The van der Waals surface area contributed by atoms with Crippen LogP contribution in [0.4, 0.5) is 32.0 Å². The molecule has 0 unspecified atom stereocenters. The molecule has 7 nitrogen and oxygen atoms in total. The molecule has 2 aliphatic heterocycles. The van der Waals surface area contributed by atoms with Gasteiger partial charge in [0, 0.05) is 37.7 Å². The van der Waals surface area contributed by atoms with Gasteiger partial charge in [-0.25, -0.2) is 5.01 Å². The molecule has 0 radical (unpaired) electrons. The van der Waals surface area contributed by atoms with Crippen LogP contribution in [-0.2, 0) is 23.7 Å². The number of carbonyl (C=O) groups is 2. The first-order valence-corrected chi connectivity index (χ1v) is 12.7. The summed E-state index contributed by atoms with van der Waals surface area (Å²) in [6.45, 7) is 0.119. The average Bonchev–Trinajstić information content (AvgIpc) is 3.20. The number of carbonyl (C=O) groups excluding carboxylic acids is 2. The monoisotopic (exact) mass is 577 g/mol. The molecule has 0 aliphatic carbocycles. The van der Waals surface area contributed by atoms with Crippen LogP contribution in [-0.4, -0.2) is 52.0 Å². The van der Waals surface area contributed by atoms with Gasteiger partial charge in [-0.3, -0.25) is 20.0 Å². The summed E-state index contributed by atoms with van der Waals surface area (Å²) in [7, 11) is 0. The lowest BCUT2D eigenvalue weighted by molar-refractivity contribution is -0.143. The molecule has 2 saturated heterocycles. The highest BCUT2D eigenvalue weighted by molar-refractivity contribution is 5.94. The van der Waals surface area contributed by atoms with Gasteiger partial charge in [-0.2, -0.15) is 26.3 Å². The Bertz CT molecular complexity index is 1370. The molecule has 3 heterocycles. The number of hydrazine groups is 1. The summed E-state index contributed by atoms with van der Waals surface area (Å²) >= 11 is 0. The number of nitrogens with zero attached hydrogens (tertiary/aromatic N) is 4. The van der Waals surface area contributed by atoms with Gasteiger partial charge in [0.25, 0.3) is 5.91 Å². The third-order valence-electron chi connectivity index (χ3n) is 7.38. The Labute approximate surface area is 231 Å². The standard InChI is InChI=1S/C28H25F6N5O2/c29-27(30,31)21-13-19(14-22(15-21)28(32,33)34)17-37-18-39(23-6-2-1-3-7-23)26(25(37)41)8-11-38(12-9-26)36-24(40)20-5-4-10-35-16-20/h1-7,10,13-16H,8-9,11-12,17-18H2,(H,36,40). The molecule has 2 amide bonds. The lowest BCUT2D eigenvalue weighted by Gasteiger charge is -2.43. The fourth-order valence-electron chi connectivity index (χ4n) is 5.35. The number of halogens is 6. The fraction of sp³-hybridized carbons (Fsp3) is 0.321. The van der Waals surface area contributed by atoms with Crippen molar-refractivity contribution in [2.24, 2.45) is 0 Å². The number of pyridine rings is 1. The fourth-order valence-corrected chi connectivity index (χ4v) is 5.35. The molecule has 0 saturated carbocycles. The predicted molar refractivity (Wildman–Crippen MR) is 136 cm³/mol. The second-order valence-electron chi connectivity index (χ2n) is 10.0. The summed E-state index contributed by atoms with van der Waals surface area (Å²) in [6, 6.07) is 13.6. The van der Waals surface area contributed by atoms with Gasteiger partial charge in [0.1, 0.15) is 5.54 Å². The molecule has 13 heteroatoms. The maximum atomic E-state index is 13.9. The Balaban J connectivity index is 1.40. The van der Waals surface area contributed by atoms with Crippen LogP contribution in [0.15, 0.2) is 73.1 Å². The van der Waals surface area contributed by atoms with Crippen molar-refractivity contribution in [1.29, 1.82) is 0 Å². The minimum absolute atomic E-state index is 0.0253. The van der Waals surface area contributed by atoms with Crippen LogP contribution in [0.25, 0.3) is 0 Å². The van der Waals surface area contributed by atoms with E-state index in [1.807, 2.05) is 4.90 Å². The molecule has 0 bridgehead atoms. The number of hydrogen-bond donors (Lipinski definition) is 1. The van der Waals surface area contributed by atoms with Gasteiger partial charge in [-0.1, -0.05) is 18.2 Å². The SMILES string of the molecule is O=C(NN1CCC2(CC1)C(=O)N(Cc1cc(C(F)(F)F)cc(C(F)(F)F)c1)CN2c1ccccc1)c1cccnc1. The maximum absolute atomic E-state index is 13.9. The van der Waals surface area contributed by atoms with E-state index < -0.39 is 41.5 Å². The topological polar surface area (TPSA) is 68.8 Å². The Morgan fingerprint density at radius 2 is 1.54 bits per heavy atom. The van der Waals surface area contributed by atoms with Crippen molar-refractivity contribution >= 4 is 17.5 Å². The van der Waals surface area contributed by atoms with Crippen LogP contribution >= 0.6 is 0 Å². The molecule has 1 spiro atoms. The van der Waals surface area contributed by atoms with Gasteiger partial charge < -0.3 is 9.80 Å². The van der Waals surface area contributed by atoms with E-state index in [1.165, 1.54) is 11.1 Å². The average molecular weight is 578 g/mol. The molecule has 2 aromatic carbocycles. The van der Waals surface area contributed by atoms with Crippen LogP contribution in [0.5, 0.6) is 0 Å². The molecule has 2 fully saturated rings.